The molecule has 0 aliphatic rings. The van der Waals surface area contributed by atoms with Gasteiger partial charge >= 0.3 is 0 Å². The quantitative estimate of drug-likeness (QED) is 0.671. The van der Waals surface area contributed by atoms with Crippen molar-refractivity contribution in [3.63, 3.8) is 0 Å². The molecular formula is C9H11F2NO2. The molecule has 0 saturated carbocycles. The Morgan fingerprint density at radius 2 is 2.00 bits per heavy atom. The van der Waals surface area contributed by atoms with Crippen molar-refractivity contribution >= 4 is 0 Å². The summed E-state index contributed by atoms with van der Waals surface area (Å²) >= 11 is 0. The Balaban J connectivity index is 2.96. The number of halogens is 2. The summed E-state index contributed by atoms with van der Waals surface area (Å²) in [6.45, 7) is -0.308. The van der Waals surface area contributed by atoms with Gasteiger partial charge in [0.1, 0.15) is 5.82 Å². The summed E-state index contributed by atoms with van der Waals surface area (Å²) in [4.78, 5) is 0. The molecule has 0 heterocycles. The molecular weight excluding hydrogens is 192 g/mol. The van der Waals surface area contributed by atoms with Crippen LogP contribution in [0.25, 0.3) is 0 Å². The van der Waals surface area contributed by atoms with Gasteiger partial charge in [-0.2, -0.15) is 0 Å². The van der Waals surface area contributed by atoms with Crippen molar-refractivity contribution in [1.82, 2.24) is 0 Å². The van der Waals surface area contributed by atoms with Crippen molar-refractivity contribution in [1.29, 1.82) is 0 Å². The van der Waals surface area contributed by atoms with Crippen LogP contribution in [0.3, 0.4) is 0 Å². The number of phenolic OH excluding ortho intramolecular Hbond substituents is 1. The van der Waals surface area contributed by atoms with Crippen LogP contribution in [0.4, 0.5) is 8.78 Å². The van der Waals surface area contributed by atoms with Crippen molar-refractivity contribution in [3.05, 3.63) is 29.3 Å². The normalized spacial score (nSPS) is 12.9. The summed E-state index contributed by atoms with van der Waals surface area (Å²) in [6, 6.07) is 0.944. The van der Waals surface area contributed by atoms with E-state index in [1.807, 2.05) is 0 Å². The summed E-state index contributed by atoms with van der Waals surface area (Å²) in [5.74, 6) is -2.42. The molecule has 5 heteroatoms. The van der Waals surface area contributed by atoms with E-state index < -0.39 is 23.4 Å². The molecule has 78 valence electrons. The van der Waals surface area contributed by atoms with Gasteiger partial charge in [-0.25, -0.2) is 8.78 Å². The molecule has 3 nitrogen and oxygen atoms in total. The van der Waals surface area contributed by atoms with E-state index >= 15 is 0 Å². The van der Waals surface area contributed by atoms with Crippen molar-refractivity contribution in [3.8, 4) is 5.75 Å². The van der Waals surface area contributed by atoms with E-state index in [1.54, 1.807) is 0 Å². The van der Waals surface area contributed by atoms with Crippen LogP contribution in [0.15, 0.2) is 12.1 Å². The van der Waals surface area contributed by atoms with Crippen LogP contribution in [0.2, 0.25) is 0 Å². The maximum absolute atomic E-state index is 12.8. The number of hydrogen-bond acceptors (Lipinski definition) is 3. The van der Waals surface area contributed by atoms with E-state index in [9.17, 15) is 13.9 Å². The van der Waals surface area contributed by atoms with Gasteiger partial charge in [-0.15, -0.1) is 0 Å². The fourth-order valence-electron chi connectivity index (χ4n) is 1.12. The third kappa shape index (κ3) is 2.40. The average Bonchev–Trinajstić information content (AvgIpc) is 2.13. The second kappa shape index (κ2) is 4.34. The van der Waals surface area contributed by atoms with Gasteiger partial charge in [0, 0.05) is 17.7 Å². The molecule has 0 aliphatic heterocycles. The maximum Gasteiger partial charge on any atom is 0.168 e. The molecule has 4 N–H and O–H groups in total. The third-order valence-corrected chi connectivity index (χ3v) is 1.82. The van der Waals surface area contributed by atoms with Gasteiger partial charge in [-0.1, -0.05) is 0 Å². The largest absolute Gasteiger partial charge is 0.505 e. The summed E-state index contributed by atoms with van der Waals surface area (Å²) in [5, 5.41) is 17.8. The highest BCUT2D eigenvalue weighted by atomic mass is 19.1. The molecule has 1 unspecified atom stereocenters. The number of benzene rings is 1. The van der Waals surface area contributed by atoms with E-state index in [0.717, 1.165) is 6.07 Å². The summed E-state index contributed by atoms with van der Waals surface area (Å²) in [5.41, 5.74) is 5.43. The Morgan fingerprint density at radius 1 is 1.36 bits per heavy atom. The first-order valence-corrected chi connectivity index (χ1v) is 4.08. The second-order valence-electron chi connectivity index (χ2n) is 3.04. The highest BCUT2D eigenvalue weighted by molar-refractivity contribution is 5.34. The minimum Gasteiger partial charge on any atom is -0.505 e. The molecule has 0 radical (unpaired) electrons. The number of hydrogen-bond donors (Lipinski definition) is 3. The second-order valence-corrected chi connectivity index (χ2v) is 3.04. The van der Waals surface area contributed by atoms with Crippen LogP contribution in [-0.2, 0) is 6.42 Å². The Hall–Kier alpha value is -1.20. The predicted molar refractivity (Wildman–Crippen MR) is 46.8 cm³/mol. The minimum absolute atomic E-state index is 0.0248. The third-order valence-electron chi connectivity index (χ3n) is 1.82. The van der Waals surface area contributed by atoms with E-state index in [4.69, 9.17) is 10.8 Å². The number of aromatic hydroxyl groups is 1. The van der Waals surface area contributed by atoms with Gasteiger partial charge < -0.3 is 15.9 Å². The summed E-state index contributed by atoms with van der Waals surface area (Å²) < 4.78 is 25.5. The van der Waals surface area contributed by atoms with Crippen LogP contribution in [0.1, 0.15) is 5.56 Å². The zero-order valence-electron chi connectivity index (χ0n) is 7.37. The van der Waals surface area contributed by atoms with Crippen LogP contribution in [0.5, 0.6) is 5.75 Å². The first kappa shape index (κ1) is 10.9. The zero-order valence-corrected chi connectivity index (χ0v) is 7.37. The molecule has 0 aromatic heterocycles. The smallest absolute Gasteiger partial charge is 0.168 e. The Kier molecular flexibility index (Phi) is 3.38. The molecule has 14 heavy (non-hydrogen) atoms. The molecule has 1 rings (SSSR count). The van der Waals surface area contributed by atoms with E-state index in [1.165, 1.54) is 0 Å². The van der Waals surface area contributed by atoms with Crippen LogP contribution in [0, 0.1) is 11.6 Å². The maximum atomic E-state index is 12.8. The molecule has 0 fully saturated rings. The number of nitrogens with two attached hydrogens (primary N) is 1. The van der Waals surface area contributed by atoms with Crippen LogP contribution >= 0.6 is 0 Å². The van der Waals surface area contributed by atoms with Crippen molar-refractivity contribution in [2.24, 2.45) is 5.73 Å². The van der Waals surface area contributed by atoms with Gasteiger partial charge in [-0.3, -0.25) is 0 Å². The van der Waals surface area contributed by atoms with E-state index in [0.29, 0.717) is 6.07 Å². The molecule has 0 aliphatic carbocycles. The minimum atomic E-state index is -1.02. The van der Waals surface area contributed by atoms with Crippen molar-refractivity contribution in [2.75, 3.05) is 6.61 Å². The van der Waals surface area contributed by atoms with Gasteiger partial charge in [0.05, 0.1) is 6.61 Å². The molecule has 0 bridgehead atoms. The fourth-order valence-corrected chi connectivity index (χ4v) is 1.12. The van der Waals surface area contributed by atoms with Gasteiger partial charge in [-0.05, 0) is 12.5 Å². The fraction of sp³-hybridized carbons (Fsp3) is 0.333. The molecule has 0 saturated heterocycles. The molecule has 1 atom stereocenters. The lowest BCUT2D eigenvalue weighted by molar-refractivity contribution is 0.264. The first-order valence-electron chi connectivity index (χ1n) is 4.08. The predicted octanol–water partition coefficient (Wildman–Crippen LogP) is 0.533. The first-order chi connectivity index (χ1) is 6.54. The van der Waals surface area contributed by atoms with Crippen LogP contribution < -0.4 is 5.73 Å². The zero-order chi connectivity index (χ0) is 10.7. The van der Waals surface area contributed by atoms with Gasteiger partial charge in [0.2, 0.25) is 0 Å². The molecule has 1 aromatic rings. The Labute approximate surface area is 79.8 Å². The molecule has 1 aromatic carbocycles. The lowest BCUT2D eigenvalue weighted by Gasteiger charge is -2.10. The highest BCUT2D eigenvalue weighted by Crippen LogP contribution is 2.23. The topological polar surface area (TPSA) is 66.5 Å². The lowest BCUT2D eigenvalue weighted by Crippen LogP contribution is -2.26. The number of aliphatic hydroxyl groups is 1. The molecule has 0 spiro atoms. The average molecular weight is 203 g/mol. The number of rotatable bonds is 3. The van der Waals surface area contributed by atoms with Gasteiger partial charge in [0.15, 0.2) is 11.6 Å². The summed E-state index contributed by atoms with van der Waals surface area (Å²) in [7, 11) is 0. The molecule has 0 amide bonds. The number of aliphatic hydroxyl groups excluding tert-OH is 1. The van der Waals surface area contributed by atoms with Gasteiger partial charge in [0.25, 0.3) is 0 Å². The van der Waals surface area contributed by atoms with E-state index in [-0.39, 0.29) is 18.6 Å². The Morgan fingerprint density at radius 3 is 2.57 bits per heavy atom. The lowest BCUT2D eigenvalue weighted by atomic mass is 10.1. The summed E-state index contributed by atoms with van der Waals surface area (Å²) in [6.07, 6.45) is 0.0248. The standard InChI is InChI=1S/C9H11F2NO2/c10-6-1-5(2-7(12)4-13)9(14)8(11)3-6/h1,3,7,13-14H,2,4,12H2. The number of phenols is 1. The van der Waals surface area contributed by atoms with Crippen LogP contribution in [-0.4, -0.2) is 22.9 Å². The van der Waals surface area contributed by atoms with Crippen molar-refractivity contribution in [2.45, 2.75) is 12.5 Å². The monoisotopic (exact) mass is 203 g/mol. The highest BCUT2D eigenvalue weighted by Gasteiger charge is 2.12. The Bertz CT molecular complexity index is 331. The van der Waals surface area contributed by atoms with E-state index in [2.05, 4.69) is 0 Å². The van der Waals surface area contributed by atoms with Crippen molar-refractivity contribution < 1.29 is 19.0 Å². The SMILES string of the molecule is NC(CO)Cc1cc(F)cc(F)c1O.